The van der Waals surface area contributed by atoms with E-state index in [2.05, 4.69) is 10.4 Å². The molecule has 2 aromatic rings. The summed E-state index contributed by atoms with van der Waals surface area (Å²) in [5.74, 6) is -0.340. The molecule has 134 valence electrons. The highest BCUT2D eigenvalue weighted by Crippen LogP contribution is 2.31. The van der Waals surface area contributed by atoms with E-state index in [-0.39, 0.29) is 29.3 Å². The zero-order valence-corrected chi connectivity index (χ0v) is 15.3. The fourth-order valence-electron chi connectivity index (χ4n) is 2.87. The lowest BCUT2D eigenvalue weighted by Crippen LogP contribution is -2.23. The third-order valence-electron chi connectivity index (χ3n) is 4.27. The predicted molar refractivity (Wildman–Crippen MR) is 95.4 cm³/mol. The standard InChI is InChI=1S/C17H19Cl2N3O3/c1-10-14(9-22(21-10)13-2-4-25-5-3-13)17(24)20-8-11-6-12(18)7-15(19)16(11)23/h6-7,9,13,23H,2-5,8H2,1H3,(H,20,24). The molecule has 8 heteroatoms. The highest BCUT2D eigenvalue weighted by Gasteiger charge is 2.20. The molecule has 6 nitrogen and oxygen atoms in total. The minimum Gasteiger partial charge on any atom is -0.506 e. The Morgan fingerprint density at radius 1 is 1.40 bits per heavy atom. The second-order valence-electron chi connectivity index (χ2n) is 6.03. The van der Waals surface area contributed by atoms with Crippen LogP contribution in [0.1, 0.15) is 40.5 Å². The van der Waals surface area contributed by atoms with Gasteiger partial charge in [0.05, 0.1) is 22.3 Å². The minimum absolute atomic E-state index is 0.0824. The molecule has 0 radical (unpaired) electrons. The van der Waals surface area contributed by atoms with Gasteiger partial charge in [-0.2, -0.15) is 5.10 Å². The van der Waals surface area contributed by atoms with Gasteiger partial charge in [-0.05, 0) is 31.9 Å². The lowest BCUT2D eigenvalue weighted by molar-refractivity contribution is 0.0661. The van der Waals surface area contributed by atoms with Crippen LogP contribution < -0.4 is 5.32 Å². The van der Waals surface area contributed by atoms with Crippen LogP contribution >= 0.6 is 23.2 Å². The van der Waals surface area contributed by atoms with Crippen LogP contribution in [0.25, 0.3) is 0 Å². The molecule has 0 saturated carbocycles. The first-order valence-corrected chi connectivity index (χ1v) is 8.80. The summed E-state index contributed by atoms with van der Waals surface area (Å²) in [6.07, 6.45) is 3.54. The van der Waals surface area contributed by atoms with E-state index >= 15 is 0 Å². The molecule has 1 aliphatic heterocycles. The largest absolute Gasteiger partial charge is 0.506 e. The maximum Gasteiger partial charge on any atom is 0.255 e. The Hall–Kier alpha value is -1.76. The number of ether oxygens (including phenoxy) is 1. The Bertz CT molecular complexity index is 786. The van der Waals surface area contributed by atoms with Crippen molar-refractivity contribution in [3.63, 3.8) is 0 Å². The number of aromatic nitrogens is 2. The van der Waals surface area contributed by atoms with Crippen molar-refractivity contribution < 1.29 is 14.6 Å². The van der Waals surface area contributed by atoms with E-state index in [0.29, 0.717) is 35.1 Å². The van der Waals surface area contributed by atoms with Crippen molar-refractivity contribution in [2.24, 2.45) is 0 Å². The van der Waals surface area contributed by atoms with E-state index in [1.165, 1.54) is 6.07 Å². The lowest BCUT2D eigenvalue weighted by Gasteiger charge is -2.22. The normalized spacial score (nSPS) is 15.3. The Morgan fingerprint density at radius 3 is 2.84 bits per heavy atom. The van der Waals surface area contributed by atoms with Gasteiger partial charge in [-0.1, -0.05) is 23.2 Å². The number of hydrogen-bond donors (Lipinski definition) is 2. The number of benzene rings is 1. The van der Waals surface area contributed by atoms with E-state index in [4.69, 9.17) is 27.9 Å². The van der Waals surface area contributed by atoms with E-state index in [1.54, 1.807) is 19.2 Å². The molecule has 1 fully saturated rings. The lowest BCUT2D eigenvalue weighted by atomic mass is 10.1. The summed E-state index contributed by atoms with van der Waals surface area (Å²) in [5.41, 5.74) is 1.64. The number of rotatable bonds is 4. The Morgan fingerprint density at radius 2 is 2.12 bits per heavy atom. The molecule has 0 spiro atoms. The first-order chi connectivity index (χ1) is 12.0. The van der Waals surface area contributed by atoms with Crippen LogP contribution in [0, 0.1) is 6.92 Å². The van der Waals surface area contributed by atoms with Crippen molar-refractivity contribution in [1.82, 2.24) is 15.1 Å². The fraction of sp³-hybridized carbons (Fsp3) is 0.412. The van der Waals surface area contributed by atoms with Crippen molar-refractivity contribution in [2.45, 2.75) is 32.4 Å². The van der Waals surface area contributed by atoms with Gasteiger partial charge in [0.25, 0.3) is 5.91 Å². The number of nitrogens with one attached hydrogen (secondary N) is 1. The van der Waals surface area contributed by atoms with Crippen molar-refractivity contribution in [2.75, 3.05) is 13.2 Å². The van der Waals surface area contributed by atoms with Gasteiger partial charge in [-0.15, -0.1) is 0 Å². The number of aryl methyl sites for hydroxylation is 1. The van der Waals surface area contributed by atoms with Gasteiger partial charge in [-0.3, -0.25) is 9.48 Å². The second kappa shape index (κ2) is 7.64. The molecule has 1 saturated heterocycles. The second-order valence-corrected chi connectivity index (χ2v) is 6.87. The predicted octanol–water partition coefficient (Wildman–Crippen LogP) is 3.49. The summed E-state index contributed by atoms with van der Waals surface area (Å²) < 4.78 is 7.21. The average molecular weight is 384 g/mol. The number of nitrogens with zero attached hydrogens (tertiary/aromatic N) is 2. The van der Waals surface area contributed by atoms with Crippen molar-refractivity contribution >= 4 is 29.1 Å². The Labute approximate surface area is 155 Å². The molecule has 0 unspecified atom stereocenters. The summed E-state index contributed by atoms with van der Waals surface area (Å²) in [6.45, 7) is 3.34. The fourth-order valence-corrected chi connectivity index (χ4v) is 3.40. The molecule has 1 amide bonds. The van der Waals surface area contributed by atoms with Crippen LogP contribution in [0.5, 0.6) is 5.75 Å². The zero-order valence-electron chi connectivity index (χ0n) is 13.8. The van der Waals surface area contributed by atoms with E-state index in [0.717, 1.165) is 12.8 Å². The van der Waals surface area contributed by atoms with Crippen LogP contribution in [0.2, 0.25) is 10.0 Å². The van der Waals surface area contributed by atoms with Crippen LogP contribution in [0.15, 0.2) is 18.3 Å². The maximum atomic E-state index is 12.5. The van der Waals surface area contributed by atoms with Gasteiger partial charge in [0.15, 0.2) is 0 Å². The molecule has 1 aromatic carbocycles. The molecular formula is C17H19Cl2N3O3. The third kappa shape index (κ3) is 4.08. The van der Waals surface area contributed by atoms with E-state index in [9.17, 15) is 9.90 Å². The van der Waals surface area contributed by atoms with Gasteiger partial charge < -0.3 is 15.2 Å². The molecule has 1 aliphatic rings. The van der Waals surface area contributed by atoms with Crippen LogP contribution in [0.3, 0.4) is 0 Å². The summed E-state index contributed by atoms with van der Waals surface area (Å²) in [5, 5.41) is 17.8. The smallest absolute Gasteiger partial charge is 0.255 e. The number of hydrogen-bond acceptors (Lipinski definition) is 4. The van der Waals surface area contributed by atoms with Gasteiger partial charge >= 0.3 is 0 Å². The van der Waals surface area contributed by atoms with Gasteiger partial charge in [0.2, 0.25) is 0 Å². The minimum atomic E-state index is -0.258. The highest BCUT2D eigenvalue weighted by atomic mass is 35.5. The summed E-state index contributed by atoms with van der Waals surface area (Å²) in [7, 11) is 0. The maximum absolute atomic E-state index is 12.5. The molecule has 0 aliphatic carbocycles. The van der Waals surface area contributed by atoms with E-state index < -0.39 is 0 Å². The molecule has 1 aromatic heterocycles. The van der Waals surface area contributed by atoms with Gasteiger partial charge in [0.1, 0.15) is 5.75 Å². The Balaban J connectivity index is 1.70. The topological polar surface area (TPSA) is 76.4 Å². The quantitative estimate of drug-likeness (QED) is 0.846. The highest BCUT2D eigenvalue weighted by molar-refractivity contribution is 6.35. The first kappa shape index (κ1) is 18.0. The number of carbonyl (C=O) groups excluding carboxylic acids is 1. The SMILES string of the molecule is Cc1nn(C2CCOCC2)cc1C(=O)NCc1cc(Cl)cc(Cl)c1O. The summed E-state index contributed by atoms with van der Waals surface area (Å²) in [4.78, 5) is 12.5. The number of phenolic OH excluding ortho intramolecular Hbond substituents is 1. The van der Waals surface area contributed by atoms with Crippen LogP contribution in [0.4, 0.5) is 0 Å². The number of amides is 1. The van der Waals surface area contributed by atoms with Crippen molar-refractivity contribution in [1.29, 1.82) is 0 Å². The monoisotopic (exact) mass is 383 g/mol. The van der Waals surface area contributed by atoms with Gasteiger partial charge in [0, 0.05) is 36.5 Å². The number of halogens is 2. The molecule has 25 heavy (non-hydrogen) atoms. The molecule has 0 atom stereocenters. The van der Waals surface area contributed by atoms with Crippen molar-refractivity contribution in [3.05, 3.63) is 45.2 Å². The molecule has 2 heterocycles. The molecular weight excluding hydrogens is 365 g/mol. The van der Waals surface area contributed by atoms with Crippen molar-refractivity contribution in [3.8, 4) is 5.75 Å². The Kier molecular flexibility index (Phi) is 5.51. The van der Waals surface area contributed by atoms with E-state index in [1.807, 2.05) is 4.68 Å². The number of aromatic hydroxyl groups is 1. The molecule has 3 rings (SSSR count). The van der Waals surface area contributed by atoms with Crippen LogP contribution in [-0.4, -0.2) is 34.0 Å². The number of carbonyl (C=O) groups is 1. The summed E-state index contributed by atoms with van der Waals surface area (Å²) in [6, 6.07) is 3.28. The zero-order chi connectivity index (χ0) is 18.0. The third-order valence-corrected chi connectivity index (χ3v) is 4.78. The first-order valence-electron chi connectivity index (χ1n) is 8.04. The molecule has 2 N–H and O–H groups in total. The number of phenols is 1. The molecule has 0 bridgehead atoms. The summed E-state index contributed by atoms with van der Waals surface area (Å²) >= 11 is 11.8. The van der Waals surface area contributed by atoms with Crippen LogP contribution in [-0.2, 0) is 11.3 Å². The van der Waals surface area contributed by atoms with Gasteiger partial charge in [-0.25, -0.2) is 0 Å². The average Bonchev–Trinajstić information content (AvgIpc) is 2.99.